The number of carbonyl (C=O) groups excluding carboxylic acids is 1. The van der Waals surface area contributed by atoms with E-state index in [0.29, 0.717) is 17.1 Å². The number of pyridine rings is 1. The SMILES string of the molecule is Cc1nc2ccccn2c(=O)c1NC(=O)COc1ccccc1. The lowest BCUT2D eigenvalue weighted by molar-refractivity contribution is -0.118. The Hall–Kier alpha value is -3.15. The Morgan fingerprint density at radius 3 is 2.70 bits per heavy atom. The van der Waals surface area contributed by atoms with Crippen LogP contribution in [0.3, 0.4) is 0 Å². The predicted molar refractivity (Wildman–Crippen MR) is 86.8 cm³/mol. The molecule has 2 aromatic heterocycles. The van der Waals surface area contributed by atoms with Gasteiger partial charge in [-0.3, -0.25) is 14.0 Å². The number of aryl methyl sites for hydroxylation is 1. The average molecular weight is 309 g/mol. The number of nitrogens with one attached hydrogen (secondary N) is 1. The molecule has 1 aromatic carbocycles. The highest BCUT2D eigenvalue weighted by molar-refractivity contribution is 5.92. The van der Waals surface area contributed by atoms with Gasteiger partial charge in [-0.1, -0.05) is 24.3 Å². The second-order valence-electron chi connectivity index (χ2n) is 4.96. The predicted octanol–water partition coefficient (Wildman–Crippen LogP) is 2.02. The minimum atomic E-state index is -0.410. The minimum absolute atomic E-state index is 0.162. The van der Waals surface area contributed by atoms with Gasteiger partial charge in [0.25, 0.3) is 11.5 Å². The third kappa shape index (κ3) is 3.21. The van der Waals surface area contributed by atoms with Gasteiger partial charge >= 0.3 is 0 Å². The molecule has 3 rings (SSSR count). The fourth-order valence-corrected chi connectivity index (χ4v) is 2.18. The topological polar surface area (TPSA) is 72.7 Å². The van der Waals surface area contributed by atoms with Crippen molar-refractivity contribution in [2.24, 2.45) is 0 Å². The van der Waals surface area contributed by atoms with Gasteiger partial charge in [0.05, 0.1) is 5.69 Å². The Labute approximate surface area is 132 Å². The molecule has 0 radical (unpaired) electrons. The first-order valence-electron chi connectivity index (χ1n) is 7.11. The van der Waals surface area contributed by atoms with Crippen LogP contribution < -0.4 is 15.6 Å². The quantitative estimate of drug-likeness (QED) is 0.800. The molecule has 0 spiro atoms. The van der Waals surface area contributed by atoms with Gasteiger partial charge in [0.15, 0.2) is 6.61 Å². The highest BCUT2D eigenvalue weighted by Gasteiger charge is 2.12. The van der Waals surface area contributed by atoms with Crippen molar-refractivity contribution >= 4 is 17.2 Å². The van der Waals surface area contributed by atoms with E-state index in [0.717, 1.165) is 0 Å². The number of para-hydroxylation sites is 1. The van der Waals surface area contributed by atoms with Crippen LogP contribution in [0.4, 0.5) is 5.69 Å². The molecule has 0 aliphatic carbocycles. The molecule has 0 fully saturated rings. The van der Waals surface area contributed by atoms with Crippen LogP contribution in [0.5, 0.6) is 5.75 Å². The van der Waals surface area contributed by atoms with Gasteiger partial charge in [0.1, 0.15) is 17.1 Å². The molecule has 0 saturated heterocycles. The molecule has 1 N–H and O–H groups in total. The minimum Gasteiger partial charge on any atom is -0.484 e. The van der Waals surface area contributed by atoms with Gasteiger partial charge in [0.2, 0.25) is 0 Å². The van der Waals surface area contributed by atoms with Gasteiger partial charge in [-0.2, -0.15) is 0 Å². The van der Waals surface area contributed by atoms with Crippen molar-refractivity contribution in [3.63, 3.8) is 0 Å². The number of carbonyl (C=O) groups is 1. The molecule has 1 amide bonds. The van der Waals surface area contributed by atoms with E-state index in [1.807, 2.05) is 18.2 Å². The smallest absolute Gasteiger partial charge is 0.281 e. The molecule has 0 saturated carbocycles. The third-order valence-electron chi connectivity index (χ3n) is 3.29. The van der Waals surface area contributed by atoms with E-state index >= 15 is 0 Å². The van der Waals surface area contributed by atoms with E-state index in [1.54, 1.807) is 43.5 Å². The maximum Gasteiger partial charge on any atom is 0.281 e. The molecule has 6 nitrogen and oxygen atoms in total. The molecule has 0 aliphatic heterocycles. The number of ether oxygens (including phenoxy) is 1. The Morgan fingerprint density at radius 1 is 1.17 bits per heavy atom. The molecule has 0 unspecified atom stereocenters. The molecular formula is C17H15N3O3. The summed E-state index contributed by atoms with van der Waals surface area (Å²) < 4.78 is 6.76. The van der Waals surface area contributed by atoms with Crippen LogP contribution in [0.25, 0.3) is 5.65 Å². The zero-order valence-corrected chi connectivity index (χ0v) is 12.5. The number of anilines is 1. The number of amides is 1. The van der Waals surface area contributed by atoms with Crippen molar-refractivity contribution in [2.45, 2.75) is 6.92 Å². The summed E-state index contributed by atoms with van der Waals surface area (Å²) in [4.78, 5) is 28.8. The van der Waals surface area contributed by atoms with E-state index in [2.05, 4.69) is 10.3 Å². The molecular weight excluding hydrogens is 294 g/mol. The first-order chi connectivity index (χ1) is 11.1. The summed E-state index contributed by atoms with van der Waals surface area (Å²) >= 11 is 0. The third-order valence-corrected chi connectivity index (χ3v) is 3.29. The van der Waals surface area contributed by atoms with E-state index in [9.17, 15) is 9.59 Å². The summed E-state index contributed by atoms with van der Waals surface area (Å²) in [6, 6.07) is 14.3. The largest absolute Gasteiger partial charge is 0.484 e. The van der Waals surface area contributed by atoms with Crippen LogP contribution in [-0.2, 0) is 4.79 Å². The van der Waals surface area contributed by atoms with Gasteiger partial charge in [-0.15, -0.1) is 0 Å². The van der Waals surface area contributed by atoms with E-state index in [-0.39, 0.29) is 17.9 Å². The summed E-state index contributed by atoms with van der Waals surface area (Å²) in [5.74, 6) is 0.180. The summed E-state index contributed by atoms with van der Waals surface area (Å²) in [5, 5.41) is 2.58. The first-order valence-corrected chi connectivity index (χ1v) is 7.11. The Bertz CT molecular complexity index is 904. The lowest BCUT2D eigenvalue weighted by Gasteiger charge is -2.10. The van der Waals surface area contributed by atoms with Crippen molar-refractivity contribution in [3.05, 3.63) is 70.8 Å². The highest BCUT2D eigenvalue weighted by atomic mass is 16.5. The molecule has 0 atom stereocenters. The van der Waals surface area contributed by atoms with Crippen LogP contribution in [0.2, 0.25) is 0 Å². The van der Waals surface area contributed by atoms with Crippen molar-refractivity contribution in [1.82, 2.24) is 9.38 Å². The average Bonchev–Trinajstić information content (AvgIpc) is 2.58. The van der Waals surface area contributed by atoms with Crippen LogP contribution in [0.1, 0.15) is 5.69 Å². The van der Waals surface area contributed by atoms with Crippen LogP contribution in [0.15, 0.2) is 59.5 Å². The summed E-state index contributed by atoms with van der Waals surface area (Å²) in [7, 11) is 0. The maximum atomic E-state index is 12.4. The Balaban J connectivity index is 1.78. The number of rotatable bonds is 4. The monoisotopic (exact) mass is 309 g/mol. The normalized spacial score (nSPS) is 10.5. The molecule has 3 aromatic rings. The summed E-state index contributed by atoms with van der Waals surface area (Å²) in [6.07, 6.45) is 1.61. The number of hydrogen-bond donors (Lipinski definition) is 1. The van der Waals surface area contributed by atoms with E-state index in [4.69, 9.17) is 4.74 Å². The molecule has 2 heterocycles. The van der Waals surface area contributed by atoms with Crippen molar-refractivity contribution in [3.8, 4) is 5.75 Å². The van der Waals surface area contributed by atoms with Crippen LogP contribution in [0, 0.1) is 6.92 Å². The van der Waals surface area contributed by atoms with E-state index < -0.39 is 5.91 Å². The van der Waals surface area contributed by atoms with Crippen molar-refractivity contribution < 1.29 is 9.53 Å². The standard InChI is InChI=1S/C17H15N3O3/c1-12-16(17(22)20-10-6-5-9-14(20)18-12)19-15(21)11-23-13-7-3-2-4-8-13/h2-10H,11H2,1H3,(H,19,21). The Morgan fingerprint density at radius 2 is 1.91 bits per heavy atom. The highest BCUT2D eigenvalue weighted by Crippen LogP contribution is 2.10. The lowest BCUT2D eigenvalue weighted by atomic mass is 10.3. The van der Waals surface area contributed by atoms with Crippen molar-refractivity contribution in [2.75, 3.05) is 11.9 Å². The maximum absolute atomic E-state index is 12.4. The van der Waals surface area contributed by atoms with Crippen LogP contribution in [-0.4, -0.2) is 21.9 Å². The Kier molecular flexibility index (Phi) is 4.05. The van der Waals surface area contributed by atoms with Crippen molar-refractivity contribution in [1.29, 1.82) is 0 Å². The lowest BCUT2D eigenvalue weighted by Crippen LogP contribution is -2.27. The molecule has 0 aliphatic rings. The molecule has 23 heavy (non-hydrogen) atoms. The van der Waals surface area contributed by atoms with Gasteiger partial charge in [-0.25, -0.2) is 4.98 Å². The zero-order chi connectivity index (χ0) is 16.2. The molecule has 0 bridgehead atoms. The number of fused-ring (bicyclic) bond motifs is 1. The summed E-state index contributed by atoms with van der Waals surface area (Å²) in [5.41, 5.74) is 0.847. The fraction of sp³-hybridized carbons (Fsp3) is 0.118. The van der Waals surface area contributed by atoms with Gasteiger partial charge in [-0.05, 0) is 31.2 Å². The van der Waals surface area contributed by atoms with Gasteiger partial charge in [0, 0.05) is 6.20 Å². The molecule has 116 valence electrons. The second-order valence-corrected chi connectivity index (χ2v) is 4.96. The number of benzene rings is 1. The summed E-state index contributed by atoms with van der Waals surface area (Å²) in [6.45, 7) is 1.50. The number of hydrogen-bond acceptors (Lipinski definition) is 4. The fourth-order valence-electron chi connectivity index (χ4n) is 2.18. The second kappa shape index (κ2) is 6.31. The first kappa shape index (κ1) is 14.8. The van der Waals surface area contributed by atoms with E-state index in [1.165, 1.54) is 4.40 Å². The number of aromatic nitrogens is 2. The van der Waals surface area contributed by atoms with Crippen LogP contribution >= 0.6 is 0 Å². The molecule has 6 heteroatoms. The number of nitrogens with zero attached hydrogens (tertiary/aromatic N) is 2. The van der Waals surface area contributed by atoms with Gasteiger partial charge < -0.3 is 10.1 Å². The zero-order valence-electron chi connectivity index (χ0n) is 12.5.